The zero-order valence-corrected chi connectivity index (χ0v) is 10.8. The first-order valence-electron chi connectivity index (χ1n) is 6.08. The summed E-state index contributed by atoms with van der Waals surface area (Å²) in [4.78, 5) is 28.3. The number of rotatable bonds is 6. The topological polar surface area (TPSA) is 99.1 Å². The van der Waals surface area contributed by atoms with E-state index in [0.717, 1.165) is 11.4 Å². The fraction of sp³-hybridized carbons (Fsp3) is 0.800. The van der Waals surface area contributed by atoms with E-state index in [2.05, 4.69) is 0 Å². The van der Waals surface area contributed by atoms with Crippen molar-refractivity contribution < 1.29 is 28.9 Å². The second-order valence-electron chi connectivity index (χ2n) is 4.60. The number of carboxylic acids is 1. The number of hydrogen-bond acceptors (Lipinski definition) is 6. The highest BCUT2D eigenvalue weighted by Crippen LogP contribution is 2.17. The molecule has 9 nitrogen and oxygen atoms in total. The molecule has 1 fully saturated rings. The van der Waals surface area contributed by atoms with Crippen molar-refractivity contribution in [2.24, 2.45) is 5.92 Å². The van der Waals surface area contributed by atoms with Crippen LogP contribution in [0.5, 0.6) is 0 Å². The molecule has 1 atom stereocenters. The number of esters is 1. The zero-order valence-electron chi connectivity index (χ0n) is 10.8. The van der Waals surface area contributed by atoms with E-state index < -0.39 is 12.0 Å². The van der Waals surface area contributed by atoms with Gasteiger partial charge in [-0.3, -0.25) is 4.79 Å². The molecular weight excluding hydrogens is 258 g/mol. The van der Waals surface area contributed by atoms with Crippen LogP contribution in [0.1, 0.15) is 26.7 Å². The van der Waals surface area contributed by atoms with Gasteiger partial charge < -0.3 is 14.7 Å². The highest BCUT2D eigenvalue weighted by molar-refractivity contribution is 5.75. The van der Waals surface area contributed by atoms with Gasteiger partial charge in [0.2, 0.25) is 0 Å². The minimum Gasteiger partial charge on any atom is -0.480 e. The smallest absolute Gasteiger partial charge is 0.328 e. The summed E-state index contributed by atoms with van der Waals surface area (Å²) in [6, 6.07) is -0.619. The van der Waals surface area contributed by atoms with E-state index >= 15 is 0 Å². The van der Waals surface area contributed by atoms with Crippen LogP contribution in [0.2, 0.25) is 0 Å². The number of aliphatic carboxylic acids is 1. The van der Waals surface area contributed by atoms with E-state index in [0.29, 0.717) is 13.0 Å². The number of carbonyl (C=O) groups is 2. The van der Waals surface area contributed by atoms with Crippen molar-refractivity contribution in [2.75, 3.05) is 18.3 Å². The fourth-order valence-electron chi connectivity index (χ4n) is 1.76. The van der Waals surface area contributed by atoms with Gasteiger partial charge in [0.1, 0.15) is 11.1 Å². The summed E-state index contributed by atoms with van der Waals surface area (Å²) in [5.41, 5.74) is 0. The van der Waals surface area contributed by atoms with Crippen LogP contribution in [0.15, 0.2) is 4.63 Å². The molecule has 1 aliphatic rings. The second kappa shape index (κ2) is 5.29. The van der Waals surface area contributed by atoms with Gasteiger partial charge in [-0.2, -0.15) is 4.63 Å². The Hall–Kier alpha value is -2.06. The van der Waals surface area contributed by atoms with Crippen LogP contribution in [0.4, 0.5) is 0 Å². The average molecular weight is 275 g/mol. The third-order valence-corrected chi connectivity index (χ3v) is 2.82. The lowest BCUT2D eigenvalue weighted by atomic mass is 10.2. The van der Waals surface area contributed by atoms with Crippen molar-refractivity contribution in [3.05, 3.63) is 0 Å². The molecule has 0 aromatic carbocycles. The van der Waals surface area contributed by atoms with Gasteiger partial charge in [0.25, 0.3) is 6.79 Å². The molecule has 9 heteroatoms. The van der Waals surface area contributed by atoms with Gasteiger partial charge in [0.05, 0.1) is 10.9 Å². The minimum absolute atomic E-state index is 0.232. The molecule has 1 N–H and O–H groups in total. The number of aromatic nitrogens is 2. The molecule has 0 radical (unpaired) electrons. The van der Waals surface area contributed by atoms with E-state index in [4.69, 9.17) is 19.3 Å². The highest BCUT2D eigenvalue weighted by atomic mass is 17.0. The fourth-order valence-corrected chi connectivity index (χ4v) is 1.76. The lowest BCUT2D eigenvalue weighted by molar-refractivity contribution is -0.163. The molecule has 1 aliphatic heterocycles. The maximum Gasteiger partial charge on any atom is 0.328 e. The molecular formula is C10H17N3O6. The van der Waals surface area contributed by atoms with Crippen molar-refractivity contribution in [1.82, 2.24) is 9.98 Å². The summed E-state index contributed by atoms with van der Waals surface area (Å²) < 4.78 is 9.73. The van der Waals surface area contributed by atoms with E-state index in [1.807, 2.05) is 0 Å². The SMILES string of the molecule is CC(C)C(=O)OCOn1on1N1CCCC1C(=O)O. The zero-order chi connectivity index (χ0) is 14.0. The average Bonchev–Trinajstić information content (AvgIpc) is 2.93. The largest absolute Gasteiger partial charge is 0.480 e. The van der Waals surface area contributed by atoms with Gasteiger partial charge in [-0.1, -0.05) is 13.8 Å². The molecule has 1 aromatic heterocycles. The maximum atomic E-state index is 11.2. The van der Waals surface area contributed by atoms with Gasteiger partial charge in [-0.25, -0.2) is 9.80 Å². The maximum absolute atomic E-state index is 11.2. The Morgan fingerprint density at radius 2 is 2.21 bits per heavy atom. The molecule has 1 aromatic rings. The van der Waals surface area contributed by atoms with Crippen molar-refractivity contribution >= 4 is 11.9 Å². The Morgan fingerprint density at radius 3 is 2.84 bits per heavy atom. The van der Waals surface area contributed by atoms with E-state index in [1.54, 1.807) is 13.8 Å². The quantitative estimate of drug-likeness (QED) is 0.559. The van der Waals surface area contributed by atoms with Crippen LogP contribution in [0.25, 0.3) is 0 Å². The Kier molecular flexibility index (Phi) is 3.72. The Bertz CT molecular complexity index is 445. The molecule has 0 saturated carbocycles. The molecule has 108 valence electrons. The van der Waals surface area contributed by atoms with Gasteiger partial charge >= 0.3 is 11.9 Å². The number of nitrogens with zero attached hydrogens (tertiary/aromatic N) is 3. The molecule has 1 unspecified atom stereocenters. The lowest BCUT2D eigenvalue weighted by Gasteiger charge is -2.15. The van der Waals surface area contributed by atoms with Crippen molar-refractivity contribution in [3.8, 4) is 0 Å². The van der Waals surface area contributed by atoms with Crippen molar-refractivity contribution in [3.63, 3.8) is 0 Å². The minimum atomic E-state index is -0.904. The summed E-state index contributed by atoms with van der Waals surface area (Å²) in [5.74, 6) is -1.51. The van der Waals surface area contributed by atoms with Gasteiger partial charge in [0, 0.05) is 6.54 Å². The molecule has 2 heterocycles. The van der Waals surface area contributed by atoms with Crippen LogP contribution in [0.3, 0.4) is 0 Å². The van der Waals surface area contributed by atoms with E-state index in [9.17, 15) is 9.59 Å². The first-order valence-corrected chi connectivity index (χ1v) is 6.08. The van der Waals surface area contributed by atoms with Gasteiger partial charge in [0.15, 0.2) is 0 Å². The van der Waals surface area contributed by atoms with E-state index in [-0.39, 0.29) is 18.7 Å². The summed E-state index contributed by atoms with van der Waals surface area (Å²) in [6.45, 7) is 3.72. The van der Waals surface area contributed by atoms with Crippen LogP contribution in [0, 0.1) is 5.92 Å². The van der Waals surface area contributed by atoms with E-state index in [1.165, 1.54) is 9.97 Å². The second-order valence-corrected chi connectivity index (χ2v) is 4.60. The van der Waals surface area contributed by atoms with Crippen LogP contribution < -0.4 is 9.85 Å². The lowest BCUT2D eigenvalue weighted by Crippen LogP contribution is -2.42. The van der Waals surface area contributed by atoms with Crippen LogP contribution in [-0.2, 0) is 14.3 Å². The van der Waals surface area contributed by atoms with Gasteiger partial charge in [-0.05, 0) is 12.8 Å². The number of ether oxygens (including phenoxy) is 1. The standard InChI is InChI=1S/C10H17N3O6/c1-7(2)10(16)17-6-18-13-12(19-13)11-5-3-4-8(11)9(14)15/h7-8H,3-6H2,1-2H3,(H,14,15). The molecule has 1 saturated heterocycles. The van der Waals surface area contributed by atoms with Crippen LogP contribution in [-0.4, -0.2) is 46.4 Å². The number of carbonyl (C=O) groups excluding carboxylic acids is 1. The predicted molar refractivity (Wildman–Crippen MR) is 60.8 cm³/mol. The first-order chi connectivity index (χ1) is 9.00. The summed E-state index contributed by atoms with van der Waals surface area (Å²) in [7, 11) is 0. The Labute approximate surface area is 109 Å². The number of carboxylic acid groups (broad SMARTS) is 1. The molecule has 0 aliphatic carbocycles. The molecule has 2 rings (SSSR count). The molecule has 19 heavy (non-hydrogen) atoms. The third-order valence-electron chi connectivity index (χ3n) is 2.82. The Morgan fingerprint density at radius 1 is 1.47 bits per heavy atom. The third kappa shape index (κ3) is 3.04. The Balaban J connectivity index is 1.78. The van der Waals surface area contributed by atoms with Gasteiger partial charge in [-0.15, -0.1) is 0 Å². The normalized spacial score (nSPS) is 19.1. The van der Waals surface area contributed by atoms with Crippen molar-refractivity contribution in [1.29, 1.82) is 0 Å². The molecule has 0 bridgehead atoms. The monoisotopic (exact) mass is 275 g/mol. The summed E-state index contributed by atoms with van der Waals surface area (Å²) >= 11 is 0. The summed E-state index contributed by atoms with van der Waals surface area (Å²) in [5, 5.41) is 11.5. The summed E-state index contributed by atoms with van der Waals surface area (Å²) in [6.07, 6.45) is 1.33. The molecule has 0 amide bonds. The molecule has 0 spiro atoms. The number of hydrogen-bond donors (Lipinski definition) is 1. The van der Waals surface area contributed by atoms with Crippen molar-refractivity contribution in [2.45, 2.75) is 32.7 Å². The van der Waals surface area contributed by atoms with Crippen LogP contribution >= 0.6 is 0 Å². The first kappa shape index (κ1) is 13.4. The predicted octanol–water partition coefficient (Wildman–Crippen LogP) is -0.347. The highest BCUT2D eigenvalue weighted by Gasteiger charge is 2.36.